The minimum atomic E-state index is -0.105. The molecule has 7 heteroatoms. The van der Waals surface area contributed by atoms with Gasteiger partial charge in [0.05, 0.1) is 6.61 Å². The summed E-state index contributed by atoms with van der Waals surface area (Å²) >= 11 is 2.12. The highest BCUT2D eigenvalue weighted by molar-refractivity contribution is 8.13. The van der Waals surface area contributed by atoms with Crippen LogP contribution < -0.4 is 4.74 Å². The quantitative estimate of drug-likeness (QED) is 0.599. The van der Waals surface area contributed by atoms with Crippen molar-refractivity contribution in [3.63, 3.8) is 0 Å². The van der Waals surface area contributed by atoms with E-state index in [1.807, 2.05) is 0 Å². The lowest BCUT2D eigenvalue weighted by molar-refractivity contribution is 0.241. The largest absolute Gasteiger partial charge is 0.469 e. The number of hydrogen-bond donors (Lipinski definition) is 0. The van der Waals surface area contributed by atoms with E-state index >= 15 is 0 Å². The van der Waals surface area contributed by atoms with Gasteiger partial charge in [-0.25, -0.2) is 0 Å². The molecule has 5 nitrogen and oxygen atoms in total. The Morgan fingerprint density at radius 3 is 3.00 bits per heavy atom. The number of carbonyl (C=O) groups is 1. The normalized spacial score (nSPS) is 10.2. The number of amides is 1. The third-order valence-corrected chi connectivity index (χ3v) is 3.16. The highest BCUT2D eigenvalue weighted by Crippen LogP contribution is 2.23. The van der Waals surface area contributed by atoms with Gasteiger partial charge in [0.25, 0.3) is 10.4 Å². The van der Waals surface area contributed by atoms with Crippen molar-refractivity contribution in [2.45, 2.75) is 18.0 Å². The zero-order valence-electron chi connectivity index (χ0n) is 9.17. The van der Waals surface area contributed by atoms with E-state index in [4.69, 9.17) is 11.7 Å². The smallest absolute Gasteiger partial charge is 0.293 e. The van der Waals surface area contributed by atoms with Crippen LogP contribution in [0.15, 0.2) is 5.16 Å². The molecule has 0 bridgehead atoms. The monoisotopic (exact) mass is 259 g/mol. The van der Waals surface area contributed by atoms with Crippen molar-refractivity contribution in [1.82, 2.24) is 14.3 Å². The van der Waals surface area contributed by atoms with Crippen LogP contribution in [-0.2, 0) is 0 Å². The van der Waals surface area contributed by atoms with Crippen molar-refractivity contribution in [2.24, 2.45) is 0 Å². The van der Waals surface area contributed by atoms with Gasteiger partial charge in [-0.1, -0.05) is 0 Å². The predicted octanol–water partition coefficient (Wildman–Crippen LogP) is 2.18. The molecule has 88 valence electrons. The van der Waals surface area contributed by atoms with E-state index in [1.165, 1.54) is 4.90 Å². The molecule has 0 aliphatic carbocycles. The van der Waals surface area contributed by atoms with Gasteiger partial charge in [-0.3, -0.25) is 4.79 Å². The van der Waals surface area contributed by atoms with Crippen LogP contribution in [0.5, 0.6) is 5.19 Å². The Balaban J connectivity index is 2.42. The molecule has 0 unspecified atom stereocenters. The summed E-state index contributed by atoms with van der Waals surface area (Å²) in [5.74, 6) is 0. The van der Waals surface area contributed by atoms with Crippen molar-refractivity contribution in [3.05, 3.63) is 6.92 Å². The maximum absolute atomic E-state index is 11.3. The molecular formula is C9H13N3O2S2. The van der Waals surface area contributed by atoms with Gasteiger partial charge in [0.2, 0.25) is 5.16 Å². The lowest BCUT2D eigenvalue weighted by atomic mass is 10.4. The van der Waals surface area contributed by atoms with E-state index in [9.17, 15) is 4.79 Å². The minimum absolute atomic E-state index is 0.105. The summed E-state index contributed by atoms with van der Waals surface area (Å²) in [4.78, 5) is 16.9. The Kier molecular flexibility index (Phi) is 5.54. The third-order valence-electron chi connectivity index (χ3n) is 1.51. The van der Waals surface area contributed by atoms with Crippen LogP contribution in [0.2, 0.25) is 0 Å². The average Bonchev–Trinajstić information content (AvgIpc) is 2.66. The molecule has 0 spiro atoms. The van der Waals surface area contributed by atoms with Gasteiger partial charge in [-0.2, -0.15) is 9.36 Å². The van der Waals surface area contributed by atoms with E-state index in [-0.39, 0.29) is 5.24 Å². The first-order chi connectivity index (χ1) is 7.63. The summed E-state index contributed by atoms with van der Waals surface area (Å²) < 4.78 is 9.30. The van der Waals surface area contributed by atoms with E-state index < -0.39 is 0 Å². The molecule has 0 aromatic carbocycles. The Hall–Kier alpha value is -0.820. The van der Waals surface area contributed by atoms with Crippen molar-refractivity contribution in [1.29, 1.82) is 0 Å². The Labute approximate surface area is 103 Å². The van der Waals surface area contributed by atoms with E-state index in [1.54, 1.807) is 14.1 Å². The molecule has 1 rings (SSSR count). The van der Waals surface area contributed by atoms with Gasteiger partial charge in [0.1, 0.15) is 0 Å². The van der Waals surface area contributed by atoms with Crippen molar-refractivity contribution >= 4 is 28.5 Å². The Bertz CT molecular complexity index is 341. The van der Waals surface area contributed by atoms with Gasteiger partial charge in [-0.05, 0) is 19.8 Å². The second-order valence-electron chi connectivity index (χ2n) is 3.10. The molecule has 1 aromatic heterocycles. The number of aromatic nitrogens is 2. The van der Waals surface area contributed by atoms with Crippen LogP contribution in [0, 0.1) is 6.92 Å². The van der Waals surface area contributed by atoms with Crippen LogP contribution in [0.25, 0.3) is 0 Å². The molecule has 0 N–H and O–H groups in total. The fourth-order valence-corrected chi connectivity index (χ4v) is 1.96. The zero-order valence-corrected chi connectivity index (χ0v) is 10.8. The van der Waals surface area contributed by atoms with E-state index in [0.29, 0.717) is 23.4 Å². The van der Waals surface area contributed by atoms with Gasteiger partial charge >= 0.3 is 0 Å². The summed E-state index contributed by atoms with van der Waals surface area (Å²) in [6, 6.07) is 0. The first-order valence-electron chi connectivity index (χ1n) is 4.69. The summed E-state index contributed by atoms with van der Waals surface area (Å²) in [6.07, 6.45) is 1.36. The minimum Gasteiger partial charge on any atom is -0.469 e. The molecule has 1 aromatic rings. The molecular weight excluding hydrogens is 246 g/mol. The van der Waals surface area contributed by atoms with Gasteiger partial charge in [-0.15, -0.1) is 0 Å². The first kappa shape index (κ1) is 13.2. The average molecular weight is 259 g/mol. The highest BCUT2D eigenvalue weighted by Gasteiger charge is 2.12. The SMILES string of the molecule is [CH]CCCOc1nc(SC(=O)N(C)C)ns1. The number of nitrogens with zero attached hydrogens (tertiary/aromatic N) is 3. The van der Waals surface area contributed by atoms with Crippen molar-refractivity contribution in [2.75, 3.05) is 20.7 Å². The molecule has 0 aliphatic heterocycles. The fourth-order valence-electron chi connectivity index (χ4n) is 0.709. The van der Waals surface area contributed by atoms with Gasteiger partial charge < -0.3 is 9.64 Å². The fraction of sp³-hybridized carbons (Fsp3) is 0.556. The van der Waals surface area contributed by atoms with Crippen LogP contribution in [0.3, 0.4) is 0 Å². The van der Waals surface area contributed by atoms with Crippen LogP contribution >= 0.6 is 23.3 Å². The van der Waals surface area contributed by atoms with E-state index in [2.05, 4.69) is 9.36 Å². The second kappa shape index (κ2) is 6.70. The molecule has 16 heavy (non-hydrogen) atoms. The number of thioether (sulfide) groups is 1. The predicted molar refractivity (Wildman–Crippen MR) is 63.9 cm³/mol. The zero-order chi connectivity index (χ0) is 12.0. The van der Waals surface area contributed by atoms with Crippen molar-refractivity contribution in [3.8, 4) is 5.19 Å². The maximum atomic E-state index is 11.3. The van der Waals surface area contributed by atoms with Crippen molar-refractivity contribution < 1.29 is 9.53 Å². The molecule has 0 aliphatic rings. The topological polar surface area (TPSA) is 55.3 Å². The molecule has 0 saturated carbocycles. The highest BCUT2D eigenvalue weighted by atomic mass is 32.2. The standard InChI is InChI=1S/C9H13N3O2S2/c1-4-5-6-14-8-10-7(11-16-8)15-9(13)12(2)3/h1H,4-6H2,2-3H3. The summed E-state index contributed by atoms with van der Waals surface area (Å²) in [6.45, 7) is 5.86. The second-order valence-corrected chi connectivity index (χ2v) is 4.73. The summed E-state index contributed by atoms with van der Waals surface area (Å²) in [5, 5.41) is 0.792. The van der Waals surface area contributed by atoms with Crippen LogP contribution in [0.1, 0.15) is 12.8 Å². The Morgan fingerprint density at radius 2 is 2.38 bits per heavy atom. The number of unbranched alkanes of at least 4 members (excludes halogenated alkanes) is 1. The summed E-state index contributed by atoms with van der Waals surface area (Å²) in [7, 11) is 3.36. The molecule has 0 fully saturated rings. The third kappa shape index (κ3) is 4.36. The molecule has 1 heterocycles. The molecule has 1 amide bonds. The van der Waals surface area contributed by atoms with Crippen LogP contribution in [-0.4, -0.2) is 40.2 Å². The number of rotatable bonds is 5. The van der Waals surface area contributed by atoms with Gasteiger partial charge in [0.15, 0.2) is 0 Å². The van der Waals surface area contributed by atoms with Crippen LogP contribution in [0.4, 0.5) is 4.79 Å². The molecule has 2 radical (unpaired) electrons. The lowest BCUT2D eigenvalue weighted by Crippen LogP contribution is -2.16. The summed E-state index contributed by atoms with van der Waals surface area (Å²) in [5.41, 5.74) is 0. The lowest BCUT2D eigenvalue weighted by Gasteiger charge is -2.06. The number of hydrogen-bond acceptors (Lipinski definition) is 6. The number of carbonyl (C=O) groups excluding carboxylic acids is 1. The Morgan fingerprint density at radius 1 is 1.62 bits per heavy atom. The first-order valence-corrected chi connectivity index (χ1v) is 6.28. The maximum Gasteiger partial charge on any atom is 0.293 e. The molecule has 0 saturated heterocycles. The van der Waals surface area contributed by atoms with E-state index in [0.717, 1.165) is 29.7 Å². The number of ether oxygens (including phenoxy) is 1. The molecule has 0 atom stereocenters. The van der Waals surface area contributed by atoms with Gasteiger partial charge in [0, 0.05) is 37.4 Å².